The van der Waals surface area contributed by atoms with Crippen LogP contribution in [0.1, 0.15) is 21.5 Å². The molecule has 0 spiro atoms. The number of aromatic nitrogens is 2. The first kappa shape index (κ1) is 17.7. The number of rotatable bonds is 6. The van der Waals surface area contributed by atoms with Gasteiger partial charge < -0.3 is 20.1 Å². The van der Waals surface area contributed by atoms with Gasteiger partial charge in [-0.05, 0) is 35.4 Å². The van der Waals surface area contributed by atoms with E-state index in [9.17, 15) is 9.18 Å². The number of anilines is 1. The van der Waals surface area contributed by atoms with Crippen molar-refractivity contribution in [3.8, 4) is 11.5 Å². The van der Waals surface area contributed by atoms with Gasteiger partial charge in [0.05, 0.1) is 5.56 Å². The quantitative estimate of drug-likeness (QED) is 0.684. The normalized spacial score (nSPS) is 11.9. The van der Waals surface area contributed by atoms with Gasteiger partial charge in [-0.15, -0.1) is 0 Å². The van der Waals surface area contributed by atoms with Gasteiger partial charge in [0.1, 0.15) is 5.82 Å². The molecule has 0 radical (unpaired) electrons. The molecule has 3 aromatic rings. The summed E-state index contributed by atoms with van der Waals surface area (Å²) in [7, 11) is 0. The van der Waals surface area contributed by atoms with Crippen LogP contribution in [0.15, 0.2) is 54.9 Å². The summed E-state index contributed by atoms with van der Waals surface area (Å²) in [5.74, 6) is 1.25. The Kier molecular flexibility index (Phi) is 5.01. The smallest absolute Gasteiger partial charge is 0.254 e. The number of nitrogens with zero attached hydrogens (tertiary/aromatic N) is 2. The Hall–Kier alpha value is -3.68. The van der Waals surface area contributed by atoms with Crippen molar-refractivity contribution in [2.24, 2.45) is 0 Å². The fraction of sp³-hybridized carbons (Fsp3) is 0.150. The summed E-state index contributed by atoms with van der Waals surface area (Å²) in [5.41, 5.74) is 2.14. The maximum atomic E-state index is 12.9. The van der Waals surface area contributed by atoms with Crippen molar-refractivity contribution in [3.63, 3.8) is 0 Å². The Balaban J connectivity index is 1.30. The van der Waals surface area contributed by atoms with Gasteiger partial charge in [-0.3, -0.25) is 4.79 Å². The van der Waals surface area contributed by atoms with Crippen molar-refractivity contribution in [2.45, 2.75) is 13.1 Å². The molecule has 1 aliphatic heterocycles. The molecule has 2 N–H and O–H groups in total. The molecule has 0 saturated carbocycles. The standard InChI is InChI=1S/C20H17FN4O3/c21-16-4-1-13(2-5-16)8-22-19(26)15-10-24-20(25-11-15)23-9-14-3-6-17-18(7-14)28-12-27-17/h1-7,10-11H,8-9,12H2,(H,22,26)(H,23,24,25). The van der Waals surface area contributed by atoms with E-state index in [0.717, 1.165) is 16.9 Å². The van der Waals surface area contributed by atoms with Crippen molar-refractivity contribution >= 4 is 11.9 Å². The second-order valence-corrected chi connectivity index (χ2v) is 6.15. The summed E-state index contributed by atoms with van der Waals surface area (Å²) < 4.78 is 23.5. The molecule has 4 rings (SSSR count). The van der Waals surface area contributed by atoms with Crippen LogP contribution in [0.25, 0.3) is 0 Å². The summed E-state index contributed by atoms with van der Waals surface area (Å²) in [6.07, 6.45) is 2.91. The van der Waals surface area contributed by atoms with Gasteiger partial charge in [0.25, 0.3) is 5.91 Å². The van der Waals surface area contributed by atoms with Crippen molar-refractivity contribution in [3.05, 3.63) is 77.4 Å². The van der Waals surface area contributed by atoms with Crippen LogP contribution in [0.5, 0.6) is 11.5 Å². The van der Waals surface area contributed by atoms with Crippen LogP contribution >= 0.6 is 0 Å². The number of carbonyl (C=O) groups excluding carboxylic acids is 1. The van der Waals surface area contributed by atoms with Crippen LogP contribution in [-0.4, -0.2) is 22.7 Å². The van der Waals surface area contributed by atoms with Gasteiger partial charge in [0, 0.05) is 25.5 Å². The molecule has 1 amide bonds. The lowest BCUT2D eigenvalue weighted by atomic mass is 10.2. The Morgan fingerprint density at radius 1 is 0.964 bits per heavy atom. The van der Waals surface area contributed by atoms with E-state index in [2.05, 4.69) is 20.6 Å². The molecule has 0 saturated heterocycles. The van der Waals surface area contributed by atoms with Gasteiger partial charge >= 0.3 is 0 Å². The number of halogens is 1. The number of hydrogen-bond donors (Lipinski definition) is 2. The summed E-state index contributed by atoms with van der Waals surface area (Å²) >= 11 is 0. The van der Waals surface area contributed by atoms with Gasteiger partial charge in [0.2, 0.25) is 12.7 Å². The lowest BCUT2D eigenvalue weighted by molar-refractivity contribution is 0.0950. The van der Waals surface area contributed by atoms with E-state index in [-0.39, 0.29) is 18.5 Å². The Bertz CT molecular complexity index is 978. The topological polar surface area (TPSA) is 85.4 Å². The number of carbonyl (C=O) groups is 1. The van der Waals surface area contributed by atoms with Crippen LogP contribution in [0, 0.1) is 5.82 Å². The first-order chi connectivity index (χ1) is 13.7. The minimum atomic E-state index is -0.313. The minimum absolute atomic E-state index is 0.236. The highest BCUT2D eigenvalue weighted by Gasteiger charge is 2.13. The fourth-order valence-electron chi connectivity index (χ4n) is 2.66. The highest BCUT2D eigenvalue weighted by atomic mass is 19.1. The molecule has 142 valence electrons. The number of amides is 1. The summed E-state index contributed by atoms with van der Waals surface area (Å²) in [6.45, 7) is 1.04. The molecular formula is C20H17FN4O3. The average Bonchev–Trinajstić information content (AvgIpc) is 3.20. The van der Waals surface area contributed by atoms with Crippen LogP contribution in [0.4, 0.5) is 10.3 Å². The number of hydrogen-bond acceptors (Lipinski definition) is 6. The van der Waals surface area contributed by atoms with E-state index in [1.165, 1.54) is 24.5 Å². The van der Waals surface area contributed by atoms with E-state index in [0.29, 0.717) is 30.4 Å². The highest BCUT2D eigenvalue weighted by molar-refractivity contribution is 5.93. The van der Waals surface area contributed by atoms with Gasteiger partial charge in [-0.25, -0.2) is 14.4 Å². The minimum Gasteiger partial charge on any atom is -0.454 e. The third-order valence-corrected chi connectivity index (χ3v) is 4.17. The monoisotopic (exact) mass is 380 g/mol. The second kappa shape index (κ2) is 7.91. The average molecular weight is 380 g/mol. The van der Waals surface area contributed by atoms with E-state index in [1.807, 2.05) is 18.2 Å². The Morgan fingerprint density at radius 3 is 2.46 bits per heavy atom. The number of benzene rings is 2. The van der Waals surface area contributed by atoms with E-state index >= 15 is 0 Å². The van der Waals surface area contributed by atoms with Crippen LogP contribution in [-0.2, 0) is 13.1 Å². The zero-order valence-corrected chi connectivity index (χ0v) is 14.8. The molecule has 28 heavy (non-hydrogen) atoms. The van der Waals surface area contributed by atoms with Crippen molar-refractivity contribution in [1.29, 1.82) is 0 Å². The van der Waals surface area contributed by atoms with E-state index in [1.54, 1.807) is 12.1 Å². The van der Waals surface area contributed by atoms with Crippen LogP contribution < -0.4 is 20.1 Å². The summed E-state index contributed by atoms with van der Waals surface area (Å²) in [6, 6.07) is 11.6. The second-order valence-electron chi connectivity index (χ2n) is 6.15. The molecule has 0 fully saturated rings. The molecule has 0 unspecified atom stereocenters. The fourth-order valence-corrected chi connectivity index (χ4v) is 2.66. The van der Waals surface area contributed by atoms with Crippen LogP contribution in [0.3, 0.4) is 0 Å². The maximum Gasteiger partial charge on any atom is 0.254 e. The number of fused-ring (bicyclic) bond motifs is 1. The van der Waals surface area contributed by atoms with Gasteiger partial charge in [0.15, 0.2) is 11.5 Å². The molecule has 2 aromatic carbocycles. The van der Waals surface area contributed by atoms with Gasteiger partial charge in [-0.1, -0.05) is 18.2 Å². The van der Waals surface area contributed by atoms with E-state index in [4.69, 9.17) is 9.47 Å². The Morgan fingerprint density at radius 2 is 1.68 bits per heavy atom. The number of ether oxygens (including phenoxy) is 2. The van der Waals surface area contributed by atoms with Crippen molar-refractivity contribution in [2.75, 3.05) is 12.1 Å². The number of nitrogens with one attached hydrogen (secondary N) is 2. The molecular weight excluding hydrogens is 363 g/mol. The maximum absolute atomic E-state index is 12.9. The Labute approximate surface area is 160 Å². The molecule has 8 heteroatoms. The molecule has 1 aliphatic rings. The third-order valence-electron chi connectivity index (χ3n) is 4.17. The first-order valence-electron chi connectivity index (χ1n) is 8.64. The zero-order valence-electron chi connectivity index (χ0n) is 14.8. The predicted octanol–water partition coefficient (Wildman–Crippen LogP) is 2.89. The lowest BCUT2D eigenvalue weighted by Crippen LogP contribution is -2.23. The van der Waals surface area contributed by atoms with Crippen molar-refractivity contribution in [1.82, 2.24) is 15.3 Å². The summed E-state index contributed by atoms with van der Waals surface area (Å²) in [4.78, 5) is 20.5. The zero-order chi connectivity index (χ0) is 19.3. The highest BCUT2D eigenvalue weighted by Crippen LogP contribution is 2.32. The van der Waals surface area contributed by atoms with E-state index < -0.39 is 0 Å². The SMILES string of the molecule is O=C(NCc1ccc(F)cc1)c1cnc(NCc2ccc3c(c2)OCO3)nc1. The third kappa shape index (κ3) is 4.17. The predicted molar refractivity (Wildman–Crippen MR) is 99.5 cm³/mol. The molecule has 1 aromatic heterocycles. The van der Waals surface area contributed by atoms with Crippen LogP contribution in [0.2, 0.25) is 0 Å². The molecule has 2 heterocycles. The first-order valence-corrected chi connectivity index (χ1v) is 8.64. The molecule has 0 atom stereocenters. The largest absolute Gasteiger partial charge is 0.454 e. The molecule has 0 bridgehead atoms. The summed E-state index contributed by atoms with van der Waals surface area (Å²) in [5, 5.41) is 5.84. The lowest BCUT2D eigenvalue weighted by Gasteiger charge is -2.07. The molecule has 7 nitrogen and oxygen atoms in total. The molecule has 0 aliphatic carbocycles. The van der Waals surface area contributed by atoms with Gasteiger partial charge in [-0.2, -0.15) is 0 Å². The van der Waals surface area contributed by atoms with Crippen molar-refractivity contribution < 1.29 is 18.7 Å².